The van der Waals surface area contributed by atoms with Crippen molar-refractivity contribution in [3.05, 3.63) is 122 Å². The van der Waals surface area contributed by atoms with E-state index in [0.29, 0.717) is 19.3 Å². The van der Waals surface area contributed by atoms with Crippen molar-refractivity contribution in [1.82, 2.24) is 0 Å². The largest absolute Gasteiger partial charge is 0.472 e. The molecule has 0 fully saturated rings. The van der Waals surface area contributed by atoms with E-state index < -0.39 is 64.4 Å². The highest BCUT2D eigenvalue weighted by molar-refractivity contribution is 7.47. The number of aliphatic hydroxyl groups is 1. The fourth-order valence-electron chi connectivity index (χ4n) is 6.50. The van der Waals surface area contributed by atoms with Crippen molar-refractivity contribution in [1.29, 1.82) is 0 Å². The number of carbonyl (C=O) groups excluding carboxylic acids is 3. The third-order valence-electron chi connectivity index (χ3n) is 10.4. The van der Waals surface area contributed by atoms with Crippen LogP contribution in [0.5, 0.6) is 0 Å². The van der Waals surface area contributed by atoms with Gasteiger partial charge in [0.05, 0.1) is 32.7 Å². The van der Waals surface area contributed by atoms with Gasteiger partial charge in [-0.05, 0) is 70.6 Å². The third-order valence-corrected chi connectivity index (χ3v) is 11.4. The van der Waals surface area contributed by atoms with Gasteiger partial charge >= 0.3 is 25.7 Å². The number of phosphoric acid groups is 1. The van der Waals surface area contributed by atoms with Gasteiger partial charge in [-0.15, -0.1) is 0 Å². The van der Waals surface area contributed by atoms with Crippen LogP contribution in [0.15, 0.2) is 122 Å². The van der Waals surface area contributed by atoms with Crippen molar-refractivity contribution < 1.29 is 52.2 Å². The molecule has 70 heavy (non-hydrogen) atoms. The Kier molecular flexibility index (Phi) is 48.2. The lowest BCUT2D eigenvalue weighted by Gasteiger charge is -2.21. The molecule has 0 aromatic carbocycles. The summed E-state index contributed by atoms with van der Waals surface area (Å²) in [4.78, 5) is 48.2. The summed E-state index contributed by atoms with van der Waals surface area (Å²) in [6.07, 6.45) is 62.3. The first-order valence-corrected chi connectivity index (χ1v) is 27.9. The lowest BCUT2D eigenvalue weighted by Crippen LogP contribution is -2.30. The normalized spacial score (nSPS) is 14.4. The van der Waals surface area contributed by atoms with E-state index in [1.165, 1.54) is 57.8 Å². The first-order chi connectivity index (χ1) is 34.2. The van der Waals surface area contributed by atoms with E-state index in [1.54, 1.807) is 12.2 Å². The molecule has 0 aliphatic carbocycles. The quantitative estimate of drug-likeness (QED) is 0.0197. The van der Waals surface area contributed by atoms with Gasteiger partial charge in [0.15, 0.2) is 6.10 Å². The molecular weight excluding hydrogens is 904 g/mol. The highest BCUT2D eigenvalue weighted by atomic mass is 31.2. The lowest BCUT2D eigenvalue weighted by atomic mass is 10.0. The molecule has 12 heteroatoms. The van der Waals surface area contributed by atoms with Crippen LogP contribution < -0.4 is 0 Å². The molecule has 11 nitrogen and oxygen atoms in total. The number of esters is 3. The van der Waals surface area contributed by atoms with Crippen molar-refractivity contribution in [3.63, 3.8) is 0 Å². The molecular formula is C58H93O11P. The van der Waals surface area contributed by atoms with Gasteiger partial charge in [0.2, 0.25) is 0 Å². The van der Waals surface area contributed by atoms with E-state index >= 15 is 0 Å². The van der Waals surface area contributed by atoms with Gasteiger partial charge in [-0.1, -0.05) is 219 Å². The van der Waals surface area contributed by atoms with Crippen LogP contribution in [0.1, 0.15) is 188 Å². The zero-order valence-electron chi connectivity index (χ0n) is 43.4. The maximum Gasteiger partial charge on any atom is 0.472 e. The molecule has 0 aliphatic heterocycles. The van der Waals surface area contributed by atoms with Crippen LogP contribution in [0, 0.1) is 0 Å². The molecule has 0 aromatic rings. The zero-order valence-corrected chi connectivity index (χ0v) is 44.3. The Balaban J connectivity index is 4.97. The third kappa shape index (κ3) is 48.9. The van der Waals surface area contributed by atoms with Crippen molar-refractivity contribution in [2.24, 2.45) is 0 Å². The van der Waals surface area contributed by atoms with Crippen molar-refractivity contribution in [2.75, 3.05) is 26.4 Å². The number of aliphatic hydroxyl groups excluding tert-OH is 1. The van der Waals surface area contributed by atoms with E-state index in [-0.39, 0.29) is 19.3 Å². The fraction of sp³-hybridized carbons (Fsp3) is 0.603. The topological polar surface area (TPSA) is 155 Å². The van der Waals surface area contributed by atoms with Crippen molar-refractivity contribution >= 4 is 25.7 Å². The second-order valence-corrected chi connectivity index (χ2v) is 18.4. The number of phosphoric ester groups is 1. The van der Waals surface area contributed by atoms with Crippen LogP contribution in [0.4, 0.5) is 0 Å². The van der Waals surface area contributed by atoms with Crippen LogP contribution in [0.25, 0.3) is 0 Å². The Morgan fingerprint density at radius 1 is 0.414 bits per heavy atom. The molecule has 0 saturated carbocycles. The van der Waals surface area contributed by atoms with Crippen LogP contribution in [-0.2, 0) is 42.2 Å². The summed E-state index contributed by atoms with van der Waals surface area (Å²) in [6.45, 7) is 4.16. The summed E-state index contributed by atoms with van der Waals surface area (Å²) >= 11 is 0. The van der Waals surface area contributed by atoms with Crippen molar-refractivity contribution in [2.45, 2.75) is 200 Å². The average molecular weight is 997 g/mol. The van der Waals surface area contributed by atoms with Gasteiger partial charge in [0.1, 0.15) is 12.7 Å². The van der Waals surface area contributed by atoms with Gasteiger partial charge in [0.25, 0.3) is 0 Å². The first-order valence-electron chi connectivity index (χ1n) is 26.4. The summed E-state index contributed by atoms with van der Waals surface area (Å²) in [5, 5.41) is 9.78. The summed E-state index contributed by atoms with van der Waals surface area (Å²) in [5.41, 5.74) is 0. The number of ether oxygens (including phenoxy) is 3. The molecule has 2 N–H and O–H groups in total. The van der Waals surface area contributed by atoms with Gasteiger partial charge in [-0.3, -0.25) is 23.4 Å². The number of carbonyl (C=O) groups is 3. The van der Waals surface area contributed by atoms with E-state index in [4.69, 9.17) is 23.3 Å². The van der Waals surface area contributed by atoms with Gasteiger partial charge < -0.3 is 24.2 Å². The average Bonchev–Trinajstić information content (AvgIpc) is 3.35. The van der Waals surface area contributed by atoms with E-state index in [1.807, 2.05) is 36.5 Å². The van der Waals surface area contributed by atoms with Gasteiger partial charge in [-0.2, -0.15) is 0 Å². The molecule has 396 valence electrons. The SMILES string of the molecule is CC/C=C\C/C=C\C/C=C\C/C=C\C/C=C\CC(=O)OCC(COP(=O)(O)OCC(CO)OC(=O)CCCCCCCCCCCCCCC)OC(=O)C/C=C\C/C=C\C/C=C\C/C=C\C/C=C\CC. The highest BCUT2D eigenvalue weighted by Gasteiger charge is 2.28. The molecule has 0 saturated heterocycles. The summed E-state index contributed by atoms with van der Waals surface area (Å²) in [5.74, 6) is -1.78. The minimum absolute atomic E-state index is 0.0304. The van der Waals surface area contributed by atoms with Crippen molar-refractivity contribution in [3.8, 4) is 0 Å². The second-order valence-electron chi connectivity index (χ2n) is 17.0. The molecule has 0 rings (SSSR count). The molecule has 0 aromatic heterocycles. The van der Waals surface area contributed by atoms with Crippen LogP contribution >= 0.6 is 7.82 Å². The smallest absolute Gasteiger partial charge is 0.461 e. The van der Waals surface area contributed by atoms with E-state index in [0.717, 1.165) is 70.6 Å². The fourth-order valence-corrected chi connectivity index (χ4v) is 7.29. The number of unbranched alkanes of at least 4 members (excludes halogenated alkanes) is 12. The monoisotopic (exact) mass is 997 g/mol. The Hall–Kier alpha value is -4.12. The summed E-state index contributed by atoms with van der Waals surface area (Å²) in [7, 11) is -4.79. The lowest BCUT2D eigenvalue weighted by molar-refractivity contribution is -0.160. The van der Waals surface area contributed by atoms with Crippen LogP contribution in [-0.4, -0.2) is 66.5 Å². The molecule has 3 unspecified atom stereocenters. The maximum absolute atomic E-state index is 12.8. The molecule has 0 aliphatic rings. The molecule has 3 atom stereocenters. The van der Waals surface area contributed by atoms with Crippen LogP contribution in [0.3, 0.4) is 0 Å². The zero-order chi connectivity index (χ0) is 51.3. The molecule has 0 heterocycles. The van der Waals surface area contributed by atoms with E-state index in [9.17, 15) is 28.9 Å². The first kappa shape index (κ1) is 65.9. The molecule has 0 bridgehead atoms. The summed E-state index contributed by atoms with van der Waals surface area (Å²) in [6, 6.07) is 0. The molecule has 0 radical (unpaired) electrons. The minimum Gasteiger partial charge on any atom is -0.461 e. The highest BCUT2D eigenvalue weighted by Crippen LogP contribution is 2.43. The van der Waals surface area contributed by atoms with Gasteiger partial charge in [-0.25, -0.2) is 4.57 Å². The maximum atomic E-state index is 12.8. The predicted molar refractivity (Wildman–Crippen MR) is 288 cm³/mol. The number of hydrogen-bond acceptors (Lipinski definition) is 10. The Bertz CT molecular complexity index is 1630. The Morgan fingerprint density at radius 3 is 1.13 bits per heavy atom. The Labute approximate surface area is 424 Å². The number of hydrogen-bond donors (Lipinski definition) is 2. The second kappa shape index (κ2) is 51.2. The number of rotatable bonds is 47. The minimum atomic E-state index is -4.79. The van der Waals surface area contributed by atoms with Crippen LogP contribution in [0.2, 0.25) is 0 Å². The molecule has 0 spiro atoms. The predicted octanol–water partition coefficient (Wildman–Crippen LogP) is 15.2. The van der Waals surface area contributed by atoms with Gasteiger partial charge in [0, 0.05) is 6.42 Å². The molecule has 0 amide bonds. The number of allylic oxidation sites excluding steroid dienone is 18. The Morgan fingerprint density at radius 2 is 0.743 bits per heavy atom. The summed E-state index contributed by atoms with van der Waals surface area (Å²) < 4.78 is 39.1. The standard InChI is InChI=1S/C58H93O11P/c1-4-7-10-13-16-19-22-25-27-30-32-35-38-41-44-47-56(60)65-51-55(69-58(62)49-46-43-40-37-34-31-28-26-23-20-17-14-11-8-5-2)53-67-70(63,64)66-52-54(50-59)68-57(61)48-45-42-39-36-33-29-24-21-18-15-12-9-6-3/h7-8,10-11,16-17,19-20,25-28,32,34-35,37,41,43-44,46,54-55,59H,4-6,9,12-15,18,21-24,29-31,33,36,38-40,42,45,47-53H2,1-3H3,(H,63,64)/b10-7-,11-8-,19-16-,20-17-,27-25-,28-26-,35-32-,37-34-,44-41-,46-43-. The van der Waals surface area contributed by atoms with E-state index in [2.05, 4.69) is 93.7 Å².